The van der Waals surface area contributed by atoms with Crippen molar-refractivity contribution in [2.45, 2.75) is 53.5 Å². The van der Waals surface area contributed by atoms with Crippen molar-refractivity contribution in [2.24, 2.45) is 0 Å². The number of hydrogen-bond acceptors (Lipinski definition) is 3. The summed E-state index contributed by atoms with van der Waals surface area (Å²) in [7, 11) is -1.61. The normalized spacial score (nSPS) is 12.4. The maximum Gasteiger partial charge on any atom is 0.284 e. The topological polar surface area (TPSA) is 27.3 Å². The molecule has 0 amide bonds. The van der Waals surface area contributed by atoms with Crippen LogP contribution in [0.2, 0.25) is 6.04 Å². The third kappa shape index (κ3) is 4.53. The highest BCUT2D eigenvalue weighted by molar-refractivity contribution is 6.72. The second-order valence-electron chi connectivity index (χ2n) is 4.20. The summed E-state index contributed by atoms with van der Waals surface area (Å²) >= 11 is 0. The lowest BCUT2D eigenvalue weighted by Crippen LogP contribution is -2.73. The minimum atomic E-state index is -1.61. The third-order valence-electron chi connectivity index (χ3n) is 3.13. The maximum atomic E-state index is 3.79. The van der Waals surface area contributed by atoms with E-state index in [0.717, 1.165) is 26.2 Å². The van der Waals surface area contributed by atoms with Crippen LogP contribution in [0.4, 0.5) is 0 Å². The van der Waals surface area contributed by atoms with Crippen molar-refractivity contribution >= 4 is 8.56 Å². The fourth-order valence-electron chi connectivity index (χ4n) is 2.40. The summed E-state index contributed by atoms with van der Waals surface area (Å²) in [4.78, 5) is 7.58. The fourth-order valence-corrected chi connectivity index (χ4v) is 6.76. The summed E-state index contributed by atoms with van der Waals surface area (Å²) in [5.74, 6) is 0. The zero-order valence-electron chi connectivity index (χ0n) is 11.9. The molecule has 3 nitrogen and oxygen atoms in total. The van der Waals surface area contributed by atoms with Gasteiger partial charge in [0.2, 0.25) is 0 Å². The molecule has 0 atom stereocenters. The van der Waals surface area contributed by atoms with Crippen LogP contribution in [0, 0.1) is 0 Å². The van der Waals surface area contributed by atoms with E-state index in [-0.39, 0.29) is 0 Å². The van der Waals surface area contributed by atoms with E-state index in [4.69, 9.17) is 0 Å². The van der Waals surface area contributed by atoms with Gasteiger partial charge in [0.15, 0.2) is 0 Å². The molecule has 0 aliphatic carbocycles. The summed E-state index contributed by atoms with van der Waals surface area (Å²) < 4.78 is 2.63. The van der Waals surface area contributed by atoms with Crippen LogP contribution < -0.4 is 9.96 Å². The summed E-state index contributed by atoms with van der Waals surface area (Å²) in [6, 6.07) is 1.31. The van der Waals surface area contributed by atoms with Gasteiger partial charge in [0, 0.05) is 0 Å². The molecule has 0 aliphatic rings. The predicted octanol–water partition coefficient (Wildman–Crippen LogP) is 2.29. The van der Waals surface area contributed by atoms with E-state index in [1.54, 1.807) is 0 Å². The van der Waals surface area contributed by atoms with Crippen LogP contribution in [0.5, 0.6) is 0 Å². The van der Waals surface area contributed by atoms with Crippen LogP contribution in [-0.4, -0.2) is 39.3 Å². The molecule has 0 aromatic heterocycles. The minimum Gasteiger partial charge on any atom is -0.313 e. The summed E-state index contributed by atoms with van der Waals surface area (Å²) in [6.07, 6.45) is 2.61. The van der Waals surface area contributed by atoms with E-state index in [2.05, 4.69) is 49.1 Å². The van der Waals surface area contributed by atoms with Gasteiger partial charge in [-0.05, 0) is 32.2 Å². The maximum absolute atomic E-state index is 3.79. The Bertz CT molecular complexity index is 154. The van der Waals surface area contributed by atoms with Crippen molar-refractivity contribution in [3.8, 4) is 0 Å². The van der Waals surface area contributed by atoms with Gasteiger partial charge in [-0.25, -0.2) is 0 Å². The van der Waals surface area contributed by atoms with E-state index < -0.39 is 8.56 Å². The van der Waals surface area contributed by atoms with E-state index in [1.165, 1.54) is 18.9 Å². The first-order valence-electron chi connectivity index (χ1n) is 6.95. The van der Waals surface area contributed by atoms with Gasteiger partial charge in [-0.1, -0.05) is 47.5 Å². The molecule has 0 bridgehead atoms. The van der Waals surface area contributed by atoms with Crippen LogP contribution >= 0.6 is 0 Å². The number of hydrogen-bond donors (Lipinski definition) is 2. The van der Waals surface area contributed by atoms with Gasteiger partial charge in [-0.2, -0.15) is 0 Å². The lowest BCUT2D eigenvalue weighted by atomic mass is 10.4. The quantitative estimate of drug-likeness (QED) is 0.578. The molecule has 4 heteroatoms. The van der Waals surface area contributed by atoms with E-state index >= 15 is 0 Å². The molecule has 0 rings (SSSR count). The molecule has 0 heterocycles. The molecule has 0 saturated heterocycles. The highest BCUT2D eigenvalue weighted by atomic mass is 28.4. The first kappa shape index (κ1) is 16.1. The van der Waals surface area contributed by atoms with Crippen molar-refractivity contribution in [1.82, 2.24) is 14.5 Å². The highest BCUT2D eigenvalue weighted by Gasteiger charge is 2.37. The molecule has 16 heavy (non-hydrogen) atoms. The number of nitrogens with one attached hydrogen (secondary N) is 2. The highest BCUT2D eigenvalue weighted by Crippen LogP contribution is 2.13. The molecule has 0 unspecified atom stereocenters. The summed E-state index contributed by atoms with van der Waals surface area (Å²) in [5.41, 5.74) is 0. The largest absolute Gasteiger partial charge is 0.313 e. The third-order valence-corrected chi connectivity index (χ3v) is 7.80. The Balaban J connectivity index is 4.73. The summed E-state index contributed by atoms with van der Waals surface area (Å²) in [5, 5.41) is 0. The molecular weight excluding hydrogens is 214 g/mol. The first-order valence-corrected chi connectivity index (χ1v) is 9.11. The van der Waals surface area contributed by atoms with Gasteiger partial charge in [0.25, 0.3) is 8.56 Å². The van der Waals surface area contributed by atoms with Crippen LogP contribution in [0.1, 0.15) is 47.5 Å². The monoisotopic (exact) mass is 245 g/mol. The smallest absolute Gasteiger partial charge is 0.284 e. The van der Waals surface area contributed by atoms with Crippen molar-refractivity contribution in [3.05, 3.63) is 0 Å². The van der Waals surface area contributed by atoms with Crippen LogP contribution in [0.15, 0.2) is 0 Å². The van der Waals surface area contributed by atoms with Crippen molar-refractivity contribution < 1.29 is 0 Å². The van der Waals surface area contributed by atoms with Crippen LogP contribution in [0.25, 0.3) is 0 Å². The minimum absolute atomic E-state index is 1.07. The van der Waals surface area contributed by atoms with Gasteiger partial charge in [-0.15, -0.1) is 0 Å². The Kier molecular flexibility index (Phi) is 9.22. The van der Waals surface area contributed by atoms with E-state index in [9.17, 15) is 0 Å². The molecule has 0 spiro atoms. The van der Waals surface area contributed by atoms with Gasteiger partial charge in [0.05, 0.1) is 0 Å². The number of rotatable bonds is 10. The lowest BCUT2D eigenvalue weighted by Gasteiger charge is -2.41. The molecule has 0 aromatic rings. The van der Waals surface area contributed by atoms with E-state index in [0.29, 0.717) is 0 Å². The average molecular weight is 245 g/mol. The van der Waals surface area contributed by atoms with Crippen molar-refractivity contribution in [2.75, 3.05) is 26.2 Å². The Hall–Kier alpha value is 0.0969. The van der Waals surface area contributed by atoms with Gasteiger partial charge in [-0.3, -0.25) is 0 Å². The first-order chi connectivity index (χ1) is 7.70. The van der Waals surface area contributed by atoms with Gasteiger partial charge < -0.3 is 14.5 Å². The molecule has 0 aliphatic heterocycles. The molecule has 98 valence electrons. The van der Waals surface area contributed by atoms with E-state index in [1.807, 2.05) is 0 Å². The second-order valence-corrected chi connectivity index (χ2v) is 7.76. The average Bonchev–Trinajstić information content (AvgIpc) is 2.28. The van der Waals surface area contributed by atoms with Gasteiger partial charge in [0.1, 0.15) is 0 Å². The Morgan fingerprint density at radius 1 is 0.875 bits per heavy atom. The molecule has 0 radical (unpaired) electrons. The van der Waals surface area contributed by atoms with Crippen LogP contribution in [0.3, 0.4) is 0 Å². The predicted molar refractivity (Wildman–Crippen MR) is 75.7 cm³/mol. The molecule has 2 N–H and O–H groups in total. The Morgan fingerprint density at radius 2 is 1.38 bits per heavy atom. The number of nitrogens with zero attached hydrogens (tertiary/aromatic N) is 1. The number of unbranched alkanes of at least 4 members (excludes halogenated alkanes) is 1. The lowest BCUT2D eigenvalue weighted by molar-refractivity contribution is 0.427. The summed E-state index contributed by atoms with van der Waals surface area (Å²) in [6.45, 7) is 15.7. The SMILES string of the molecule is CCCC[Si](NCC)(NCC)N(CC)CC. The molecule has 0 saturated carbocycles. The fraction of sp³-hybridized carbons (Fsp3) is 1.00. The van der Waals surface area contributed by atoms with Crippen molar-refractivity contribution in [1.29, 1.82) is 0 Å². The Labute approximate surface area is 103 Å². The second kappa shape index (κ2) is 9.16. The standard InChI is InChI=1S/C12H31N3Si/c1-6-11-12-16(13-7-2,14-8-3)15(9-4)10-5/h13-14H,6-12H2,1-5H3. The van der Waals surface area contributed by atoms with Crippen molar-refractivity contribution in [3.63, 3.8) is 0 Å². The Morgan fingerprint density at radius 3 is 1.69 bits per heavy atom. The molecule has 0 aromatic carbocycles. The van der Waals surface area contributed by atoms with Crippen LogP contribution in [-0.2, 0) is 0 Å². The zero-order valence-corrected chi connectivity index (χ0v) is 12.9. The molecular formula is C12H31N3Si. The molecule has 0 fully saturated rings. The zero-order chi connectivity index (χ0) is 12.4. The van der Waals surface area contributed by atoms with Gasteiger partial charge >= 0.3 is 0 Å².